The van der Waals surface area contributed by atoms with Gasteiger partial charge in [-0.25, -0.2) is 10.4 Å². The number of methoxy groups -OCH3 is 1. The van der Waals surface area contributed by atoms with E-state index in [0.717, 1.165) is 16.9 Å². The van der Waals surface area contributed by atoms with E-state index < -0.39 is 0 Å². The highest BCUT2D eigenvalue weighted by Crippen LogP contribution is 2.27. The summed E-state index contributed by atoms with van der Waals surface area (Å²) in [6.45, 7) is 4.25. The van der Waals surface area contributed by atoms with Gasteiger partial charge in [-0.1, -0.05) is 12.1 Å². The van der Waals surface area contributed by atoms with Crippen LogP contribution in [0, 0.1) is 6.92 Å². The van der Waals surface area contributed by atoms with E-state index in [4.69, 9.17) is 9.47 Å². The van der Waals surface area contributed by atoms with Crippen molar-refractivity contribution < 1.29 is 19.1 Å². The average Bonchev–Trinajstić information content (AvgIpc) is 3.08. The van der Waals surface area contributed by atoms with Crippen LogP contribution >= 0.6 is 0 Å². The number of hydrogen-bond acceptors (Lipinski definition) is 6. The molecule has 31 heavy (non-hydrogen) atoms. The van der Waals surface area contributed by atoms with Crippen LogP contribution in [0.3, 0.4) is 0 Å². The van der Waals surface area contributed by atoms with Crippen LogP contribution in [0.2, 0.25) is 0 Å². The van der Waals surface area contributed by atoms with Crippen LogP contribution in [0.4, 0.5) is 0 Å². The van der Waals surface area contributed by atoms with Gasteiger partial charge in [-0.3, -0.25) is 9.59 Å². The number of hydrogen-bond donors (Lipinski definition) is 2. The lowest BCUT2D eigenvalue weighted by atomic mass is 10.2. The molecule has 0 spiro atoms. The first kappa shape index (κ1) is 21.8. The van der Waals surface area contributed by atoms with Crippen molar-refractivity contribution in [2.45, 2.75) is 20.4 Å². The number of fused-ring (bicyclic) bond motifs is 1. The molecule has 9 nitrogen and oxygen atoms in total. The van der Waals surface area contributed by atoms with Crippen LogP contribution in [-0.4, -0.2) is 47.8 Å². The molecule has 1 aromatic heterocycles. The van der Waals surface area contributed by atoms with Crippen LogP contribution in [0.5, 0.6) is 11.5 Å². The maximum Gasteiger partial charge on any atom is 0.260 e. The van der Waals surface area contributed by atoms with Gasteiger partial charge in [-0.05, 0) is 49.7 Å². The highest BCUT2D eigenvalue weighted by atomic mass is 16.5. The van der Waals surface area contributed by atoms with Crippen molar-refractivity contribution in [3.05, 3.63) is 53.9 Å². The maximum absolute atomic E-state index is 12.3. The third kappa shape index (κ3) is 5.59. The summed E-state index contributed by atoms with van der Waals surface area (Å²) in [7, 11) is 1.51. The van der Waals surface area contributed by atoms with E-state index in [9.17, 15) is 9.59 Å². The Kier molecular flexibility index (Phi) is 7.21. The lowest BCUT2D eigenvalue weighted by Crippen LogP contribution is -2.28. The molecule has 0 bridgehead atoms. The molecule has 2 amide bonds. The zero-order valence-electron chi connectivity index (χ0n) is 17.7. The largest absolute Gasteiger partial charge is 0.493 e. The quantitative estimate of drug-likeness (QED) is 0.405. The van der Waals surface area contributed by atoms with E-state index in [0.29, 0.717) is 23.6 Å². The van der Waals surface area contributed by atoms with Gasteiger partial charge >= 0.3 is 0 Å². The van der Waals surface area contributed by atoms with E-state index in [1.165, 1.54) is 13.3 Å². The topological polar surface area (TPSA) is 107 Å². The predicted octanol–water partition coefficient (Wildman–Crippen LogP) is 2.02. The number of nitrogens with one attached hydrogen (secondary N) is 2. The molecule has 2 N–H and O–H groups in total. The van der Waals surface area contributed by atoms with Gasteiger partial charge in [0.1, 0.15) is 12.4 Å². The Labute approximate surface area is 180 Å². The number of hydrazone groups is 1. The Morgan fingerprint density at radius 3 is 2.74 bits per heavy atom. The Balaban J connectivity index is 1.60. The lowest BCUT2D eigenvalue weighted by molar-refractivity contribution is -0.123. The van der Waals surface area contributed by atoms with E-state index in [-0.39, 0.29) is 25.0 Å². The summed E-state index contributed by atoms with van der Waals surface area (Å²) in [5, 5.41) is 6.68. The monoisotopic (exact) mass is 423 g/mol. The highest BCUT2D eigenvalue weighted by molar-refractivity contribution is 5.84. The van der Waals surface area contributed by atoms with Gasteiger partial charge in [-0.2, -0.15) is 5.10 Å². The van der Waals surface area contributed by atoms with E-state index >= 15 is 0 Å². The lowest BCUT2D eigenvalue weighted by Gasteiger charge is -2.11. The first-order chi connectivity index (χ1) is 15.0. The molecule has 0 aliphatic carbocycles. The number of benzene rings is 2. The van der Waals surface area contributed by atoms with Crippen molar-refractivity contribution >= 4 is 29.1 Å². The van der Waals surface area contributed by atoms with Crippen molar-refractivity contribution in [3.63, 3.8) is 0 Å². The predicted molar refractivity (Wildman–Crippen MR) is 117 cm³/mol. The number of carbonyl (C=O) groups excluding carboxylic acids is 2. The number of aryl methyl sites for hydroxylation is 1. The zero-order chi connectivity index (χ0) is 22.2. The molecular formula is C22H25N5O4. The minimum Gasteiger partial charge on any atom is -0.493 e. The number of likely N-dealkylation sites (N-methyl/N-ethyl adjacent to an activating group) is 1. The smallest absolute Gasteiger partial charge is 0.260 e. The van der Waals surface area contributed by atoms with Gasteiger partial charge in [-0.15, -0.1) is 0 Å². The molecule has 162 valence electrons. The molecule has 9 heteroatoms. The van der Waals surface area contributed by atoms with Crippen LogP contribution in [0.15, 0.2) is 47.6 Å². The van der Waals surface area contributed by atoms with Gasteiger partial charge in [0.25, 0.3) is 11.8 Å². The average molecular weight is 423 g/mol. The number of rotatable bonds is 9. The summed E-state index contributed by atoms with van der Waals surface area (Å²) < 4.78 is 12.6. The number of ether oxygens (including phenoxy) is 2. The fourth-order valence-corrected chi connectivity index (χ4v) is 3.03. The second-order valence-electron chi connectivity index (χ2n) is 6.68. The highest BCUT2D eigenvalue weighted by Gasteiger charge is 2.10. The van der Waals surface area contributed by atoms with Gasteiger partial charge < -0.3 is 19.4 Å². The van der Waals surface area contributed by atoms with Crippen molar-refractivity contribution in [1.82, 2.24) is 20.3 Å². The van der Waals surface area contributed by atoms with Crippen LogP contribution < -0.4 is 20.2 Å². The maximum atomic E-state index is 12.3. The molecule has 0 aliphatic heterocycles. The first-order valence-corrected chi connectivity index (χ1v) is 9.83. The van der Waals surface area contributed by atoms with Crippen LogP contribution in [0.25, 0.3) is 11.0 Å². The van der Waals surface area contributed by atoms with Crippen molar-refractivity contribution in [2.24, 2.45) is 5.10 Å². The number of para-hydroxylation sites is 2. The second-order valence-corrected chi connectivity index (χ2v) is 6.68. The molecule has 2 aromatic carbocycles. The van der Waals surface area contributed by atoms with E-state index in [2.05, 4.69) is 20.8 Å². The number of imidazole rings is 1. The Morgan fingerprint density at radius 1 is 1.16 bits per heavy atom. The van der Waals surface area contributed by atoms with Crippen molar-refractivity contribution in [2.75, 3.05) is 20.3 Å². The molecule has 0 aliphatic rings. The molecule has 0 saturated heterocycles. The molecule has 0 saturated carbocycles. The van der Waals surface area contributed by atoms with E-state index in [1.54, 1.807) is 18.2 Å². The summed E-state index contributed by atoms with van der Waals surface area (Å²) >= 11 is 0. The summed E-state index contributed by atoms with van der Waals surface area (Å²) in [5.41, 5.74) is 4.97. The fraction of sp³-hybridized carbons (Fsp3) is 0.273. The standard InChI is InChI=1S/C22H25N5O4/c1-4-23-22(29)14-31-19-10-9-16(11-20(19)30-3)12-24-26-21(28)13-27-15(2)25-17-7-5-6-8-18(17)27/h5-12H,4,13-14H2,1-3H3,(H,23,29)(H,26,28)/b24-12-. The normalized spacial score (nSPS) is 10.9. The molecule has 3 rings (SSSR count). The Morgan fingerprint density at radius 2 is 1.97 bits per heavy atom. The minimum absolute atomic E-state index is 0.101. The molecule has 0 fully saturated rings. The number of nitrogens with zero attached hydrogens (tertiary/aromatic N) is 3. The Hall–Kier alpha value is -3.88. The SMILES string of the molecule is CCNC(=O)COc1ccc(/C=N\NC(=O)Cn2c(C)nc3ccccc32)cc1OC. The van der Waals surface area contributed by atoms with Crippen LogP contribution in [0.1, 0.15) is 18.3 Å². The molecular weight excluding hydrogens is 398 g/mol. The third-order valence-corrected chi connectivity index (χ3v) is 4.47. The summed E-state index contributed by atoms with van der Waals surface area (Å²) in [5.74, 6) is 1.18. The van der Waals surface area contributed by atoms with Gasteiger partial charge in [0.15, 0.2) is 18.1 Å². The molecule has 0 unspecified atom stereocenters. The number of carbonyl (C=O) groups is 2. The third-order valence-electron chi connectivity index (χ3n) is 4.47. The van der Waals surface area contributed by atoms with Crippen LogP contribution in [-0.2, 0) is 16.1 Å². The van der Waals surface area contributed by atoms with Crippen molar-refractivity contribution in [1.29, 1.82) is 0 Å². The molecule has 0 atom stereocenters. The fourth-order valence-electron chi connectivity index (χ4n) is 3.03. The van der Waals surface area contributed by atoms with Gasteiger partial charge in [0, 0.05) is 6.54 Å². The number of amides is 2. The molecule has 0 radical (unpaired) electrons. The molecule has 3 aromatic rings. The minimum atomic E-state index is -0.267. The number of aromatic nitrogens is 2. The second kappa shape index (κ2) is 10.2. The van der Waals surface area contributed by atoms with Gasteiger partial charge in [0.05, 0.1) is 24.4 Å². The van der Waals surface area contributed by atoms with Gasteiger partial charge in [0.2, 0.25) is 0 Å². The zero-order valence-corrected chi connectivity index (χ0v) is 17.7. The summed E-state index contributed by atoms with van der Waals surface area (Å²) in [6, 6.07) is 12.8. The van der Waals surface area contributed by atoms with Crippen molar-refractivity contribution in [3.8, 4) is 11.5 Å². The first-order valence-electron chi connectivity index (χ1n) is 9.83. The van der Waals surface area contributed by atoms with E-state index in [1.807, 2.05) is 42.7 Å². The molecule has 1 heterocycles. The summed E-state index contributed by atoms with van der Waals surface area (Å²) in [4.78, 5) is 28.3. The Bertz CT molecular complexity index is 1110. The summed E-state index contributed by atoms with van der Waals surface area (Å²) in [6.07, 6.45) is 1.51.